The smallest absolute Gasteiger partial charge is 0.232 e. The maximum absolute atomic E-state index is 8.56. The second-order valence-electron chi connectivity index (χ2n) is 4.37. The lowest BCUT2D eigenvalue weighted by Gasteiger charge is -2.06. The minimum Gasteiger partial charge on any atom is -0.438 e. The summed E-state index contributed by atoms with van der Waals surface area (Å²) in [5.74, 6) is 1.23. The number of allylic oxidation sites excluding steroid dienone is 2. The molecule has 0 atom stereocenters. The number of nitrogens with zero attached hydrogens (tertiary/aromatic N) is 3. The molecule has 21 heavy (non-hydrogen) atoms. The van der Waals surface area contributed by atoms with E-state index in [1.54, 1.807) is 6.08 Å². The van der Waals surface area contributed by atoms with Gasteiger partial charge in [-0.05, 0) is 24.1 Å². The molecule has 102 valence electrons. The van der Waals surface area contributed by atoms with Crippen LogP contribution in [0.3, 0.4) is 0 Å². The van der Waals surface area contributed by atoms with E-state index in [0.29, 0.717) is 12.3 Å². The molecule has 0 saturated heterocycles. The highest BCUT2D eigenvalue weighted by atomic mass is 16.5. The third kappa shape index (κ3) is 2.74. The minimum atomic E-state index is 0.507. The fraction of sp³-hybridized carbons (Fsp3) is 0.0625. The van der Waals surface area contributed by atoms with Gasteiger partial charge in [0, 0.05) is 12.3 Å². The van der Waals surface area contributed by atoms with Crippen molar-refractivity contribution in [1.82, 2.24) is 15.0 Å². The molecule has 0 spiro atoms. The maximum atomic E-state index is 8.56. The molecular formula is C16H12N4O. The molecule has 5 nitrogen and oxygen atoms in total. The third-order valence-electron chi connectivity index (χ3n) is 3.00. The SMILES string of the molecule is N#CC=CCc1c[nH]c2ncnc(Oc3ccccc3)c12. The van der Waals surface area contributed by atoms with Gasteiger partial charge in [-0.3, -0.25) is 0 Å². The number of fused-ring (bicyclic) bond motifs is 1. The summed E-state index contributed by atoms with van der Waals surface area (Å²) in [5, 5.41) is 9.40. The molecule has 5 heteroatoms. The van der Waals surface area contributed by atoms with Crippen molar-refractivity contribution in [2.24, 2.45) is 0 Å². The molecule has 0 aliphatic carbocycles. The van der Waals surface area contributed by atoms with E-state index in [1.807, 2.05) is 42.6 Å². The average molecular weight is 276 g/mol. The normalized spacial score (nSPS) is 10.8. The van der Waals surface area contributed by atoms with Gasteiger partial charge >= 0.3 is 0 Å². The van der Waals surface area contributed by atoms with Gasteiger partial charge in [-0.25, -0.2) is 9.97 Å². The van der Waals surface area contributed by atoms with Crippen molar-refractivity contribution in [3.8, 4) is 17.7 Å². The molecule has 2 heterocycles. The predicted molar refractivity (Wildman–Crippen MR) is 78.9 cm³/mol. The number of benzene rings is 1. The van der Waals surface area contributed by atoms with E-state index < -0.39 is 0 Å². The van der Waals surface area contributed by atoms with Crippen molar-refractivity contribution in [3.05, 3.63) is 60.6 Å². The number of ether oxygens (including phenoxy) is 1. The van der Waals surface area contributed by atoms with E-state index >= 15 is 0 Å². The lowest BCUT2D eigenvalue weighted by molar-refractivity contribution is 0.468. The summed E-state index contributed by atoms with van der Waals surface area (Å²) in [7, 11) is 0. The second-order valence-corrected chi connectivity index (χ2v) is 4.37. The summed E-state index contributed by atoms with van der Waals surface area (Å²) in [4.78, 5) is 11.5. The summed E-state index contributed by atoms with van der Waals surface area (Å²) < 4.78 is 5.84. The number of aromatic amines is 1. The Morgan fingerprint density at radius 3 is 2.90 bits per heavy atom. The fourth-order valence-corrected chi connectivity index (χ4v) is 2.07. The van der Waals surface area contributed by atoms with E-state index in [9.17, 15) is 0 Å². The van der Waals surface area contributed by atoms with E-state index in [1.165, 1.54) is 12.4 Å². The zero-order valence-electron chi connectivity index (χ0n) is 11.2. The average Bonchev–Trinajstić information content (AvgIpc) is 2.93. The van der Waals surface area contributed by atoms with E-state index in [2.05, 4.69) is 15.0 Å². The summed E-state index contributed by atoms with van der Waals surface area (Å²) in [6, 6.07) is 11.5. The second kappa shape index (κ2) is 5.88. The zero-order valence-corrected chi connectivity index (χ0v) is 11.2. The number of hydrogen-bond acceptors (Lipinski definition) is 4. The van der Waals surface area contributed by atoms with Crippen LogP contribution < -0.4 is 4.74 Å². The summed E-state index contributed by atoms with van der Waals surface area (Å²) in [6.45, 7) is 0. The van der Waals surface area contributed by atoms with Crippen molar-refractivity contribution in [1.29, 1.82) is 5.26 Å². The number of nitrogens with one attached hydrogen (secondary N) is 1. The standard InChI is InChI=1S/C16H12N4O/c17-9-5-4-6-12-10-18-15-14(12)16(20-11-19-15)21-13-7-2-1-3-8-13/h1-5,7-8,10-11H,6H2,(H,18,19,20). The van der Waals surface area contributed by atoms with Crippen LogP contribution in [-0.4, -0.2) is 15.0 Å². The predicted octanol–water partition coefficient (Wildman–Crippen LogP) is 3.37. The number of para-hydroxylation sites is 1. The topological polar surface area (TPSA) is 74.6 Å². The molecular weight excluding hydrogens is 264 g/mol. The van der Waals surface area contributed by atoms with Gasteiger partial charge in [0.25, 0.3) is 0 Å². The lowest BCUT2D eigenvalue weighted by atomic mass is 10.1. The number of rotatable bonds is 4. The summed E-state index contributed by atoms with van der Waals surface area (Å²) >= 11 is 0. The Labute approximate surface area is 121 Å². The molecule has 0 radical (unpaired) electrons. The Bertz CT molecular complexity index is 815. The van der Waals surface area contributed by atoms with Crippen LogP contribution in [0.25, 0.3) is 11.0 Å². The van der Waals surface area contributed by atoms with Gasteiger partial charge in [0.2, 0.25) is 5.88 Å². The first-order chi connectivity index (χ1) is 10.4. The van der Waals surface area contributed by atoms with Crippen molar-refractivity contribution >= 4 is 11.0 Å². The molecule has 0 saturated carbocycles. The van der Waals surface area contributed by atoms with E-state index in [4.69, 9.17) is 10.00 Å². The monoisotopic (exact) mass is 276 g/mol. The van der Waals surface area contributed by atoms with Gasteiger partial charge < -0.3 is 9.72 Å². The Hall–Kier alpha value is -3.13. The lowest BCUT2D eigenvalue weighted by Crippen LogP contribution is -1.91. The summed E-state index contributed by atoms with van der Waals surface area (Å²) in [5.41, 5.74) is 1.71. The largest absolute Gasteiger partial charge is 0.438 e. The molecule has 3 aromatic rings. The van der Waals surface area contributed by atoms with Crippen LogP contribution in [-0.2, 0) is 6.42 Å². The molecule has 1 aromatic carbocycles. The third-order valence-corrected chi connectivity index (χ3v) is 3.00. The Morgan fingerprint density at radius 1 is 1.24 bits per heavy atom. The van der Waals surface area contributed by atoms with Gasteiger partial charge in [-0.15, -0.1) is 0 Å². The van der Waals surface area contributed by atoms with Gasteiger partial charge in [0.05, 0.1) is 11.5 Å². The molecule has 3 rings (SSSR count). The molecule has 0 fully saturated rings. The van der Waals surface area contributed by atoms with Gasteiger partial charge in [0.1, 0.15) is 17.7 Å². The quantitative estimate of drug-likeness (QED) is 0.741. The van der Waals surface area contributed by atoms with Gasteiger partial charge in [-0.2, -0.15) is 5.26 Å². The Morgan fingerprint density at radius 2 is 2.10 bits per heavy atom. The molecule has 2 aromatic heterocycles. The van der Waals surface area contributed by atoms with Crippen LogP contribution in [0.5, 0.6) is 11.6 Å². The first-order valence-electron chi connectivity index (χ1n) is 6.47. The number of aromatic nitrogens is 3. The Balaban J connectivity index is 2.00. The van der Waals surface area contributed by atoms with Crippen LogP contribution in [0.4, 0.5) is 0 Å². The number of hydrogen-bond donors (Lipinski definition) is 1. The van der Waals surface area contributed by atoms with Crippen molar-refractivity contribution < 1.29 is 4.74 Å². The molecule has 0 unspecified atom stereocenters. The van der Waals surface area contributed by atoms with E-state index in [0.717, 1.165) is 22.3 Å². The number of nitriles is 1. The van der Waals surface area contributed by atoms with Crippen molar-refractivity contribution in [2.45, 2.75) is 6.42 Å². The van der Waals surface area contributed by atoms with Gasteiger partial charge in [0.15, 0.2) is 0 Å². The van der Waals surface area contributed by atoms with Crippen LogP contribution in [0.15, 0.2) is 55.0 Å². The van der Waals surface area contributed by atoms with Gasteiger partial charge in [-0.1, -0.05) is 24.3 Å². The number of H-pyrrole nitrogens is 1. The van der Waals surface area contributed by atoms with Crippen LogP contribution in [0, 0.1) is 11.3 Å². The minimum absolute atomic E-state index is 0.507. The molecule has 0 bridgehead atoms. The van der Waals surface area contributed by atoms with Crippen LogP contribution >= 0.6 is 0 Å². The Kier molecular flexibility index (Phi) is 3.61. The highest BCUT2D eigenvalue weighted by molar-refractivity contribution is 5.85. The fourth-order valence-electron chi connectivity index (χ4n) is 2.07. The summed E-state index contributed by atoms with van der Waals surface area (Å²) in [6.07, 6.45) is 7.19. The van der Waals surface area contributed by atoms with Crippen molar-refractivity contribution in [3.63, 3.8) is 0 Å². The highest BCUT2D eigenvalue weighted by Gasteiger charge is 2.12. The van der Waals surface area contributed by atoms with Crippen LogP contribution in [0.2, 0.25) is 0 Å². The molecule has 0 amide bonds. The maximum Gasteiger partial charge on any atom is 0.232 e. The van der Waals surface area contributed by atoms with Crippen molar-refractivity contribution in [2.75, 3.05) is 0 Å². The first-order valence-corrected chi connectivity index (χ1v) is 6.47. The first kappa shape index (κ1) is 12.9. The van der Waals surface area contributed by atoms with Crippen LogP contribution in [0.1, 0.15) is 5.56 Å². The zero-order chi connectivity index (χ0) is 14.5. The highest BCUT2D eigenvalue weighted by Crippen LogP contribution is 2.29. The molecule has 1 N–H and O–H groups in total. The van der Waals surface area contributed by atoms with E-state index in [-0.39, 0.29) is 0 Å². The molecule has 0 aliphatic heterocycles. The molecule has 0 aliphatic rings.